The standard InChI is InChI=1S/C21H22FN3O2/c1-14(11-12-15-6-5-13-27-15)23-21(26)20-16-7-4-10-18(16)25(24-20)19-9-3-2-8-17(19)22/h2-3,5-6,8-9,13-14H,4,7,10-12H2,1H3,(H,23,26). The molecule has 0 saturated heterocycles. The van der Waals surface area contributed by atoms with Gasteiger partial charge >= 0.3 is 0 Å². The number of aromatic nitrogens is 2. The molecule has 1 aliphatic carbocycles. The number of hydrogen-bond donors (Lipinski definition) is 1. The third kappa shape index (κ3) is 3.52. The van der Waals surface area contributed by atoms with Gasteiger partial charge in [0.2, 0.25) is 0 Å². The minimum atomic E-state index is -0.339. The molecular formula is C21H22FN3O2. The van der Waals surface area contributed by atoms with E-state index in [0.29, 0.717) is 11.4 Å². The third-order valence-electron chi connectivity index (χ3n) is 5.01. The minimum absolute atomic E-state index is 0.0155. The zero-order valence-corrected chi connectivity index (χ0v) is 15.2. The minimum Gasteiger partial charge on any atom is -0.469 e. The molecule has 4 rings (SSSR count). The molecule has 27 heavy (non-hydrogen) atoms. The number of benzene rings is 1. The molecule has 0 spiro atoms. The van der Waals surface area contributed by atoms with E-state index < -0.39 is 0 Å². The van der Waals surface area contributed by atoms with Crippen molar-refractivity contribution < 1.29 is 13.6 Å². The summed E-state index contributed by atoms with van der Waals surface area (Å²) in [6.45, 7) is 1.97. The van der Waals surface area contributed by atoms with Gasteiger partial charge in [-0.25, -0.2) is 9.07 Å². The number of para-hydroxylation sites is 1. The van der Waals surface area contributed by atoms with Gasteiger partial charge < -0.3 is 9.73 Å². The summed E-state index contributed by atoms with van der Waals surface area (Å²) in [7, 11) is 0. The van der Waals surface area contributed by atoms with Crippen LogP contribution in [0.1, 0.15) is 47.3 Å². The normalized spacial score (nSPS) is 14.1. The number of nitrogens with one attached hydrogen (secondary N) is 1. The predicted molar refractivity (Wildman–Crippen MR) is 99.5 cm³/mol. The lowest BCUT2D eigenvalue weighted by molar-refractivity contribution is 0.0931. The van der Waals surface area contributed by atoms with Gasteiger partial charge in [0, 0.05) is 23.7 Å². The Bertz CT molecular complexity index is 946. The van der Waals surface area contributed by atoms with Gasteiger partial charge in [0.15, 0.2) is 5.69 Å². The number of fused-ring (bicyclic) bond motifs is 1. The number of aryl methyl sites for hydroxylation is 1. The van der Waals surface area contributed by atoms with Gasteiger partial charge in [-0.1, -0.05) is 12.1 Å². The number of carbonyl (C=O) groups is 1. The summed E-state index contributed by atoms with van der Waals surface area (Å²) in [5.74, 6) is 0.365. The molecule has 2 heterocycles. The quantitative estimate of drug-likeness (QED) is 0.720. The maximum atomic E-state index is 14.2. The van der Waals surface area contributed by atoms with E-state index >= 15 is 0 Å². The molecule has 0 fully saturated rings. The van der Waals surface area contributed by atoms with Crippen LogP contribution in [0.25, 0.3) is 5.69 Å². The Morgan fingerprint density at radius 3 is 2.93 bits per heavy atom. The highest BCUT2D eigenvalue weighted by molar-refractivity contribution is 5.94. The highest BCUT2D eigenvalue weighted by Crippen LogP contribution is 2.28. The fraction of sp³-hybridized carbons (Fsp3) is 0.333. The molecule has 1 aliphatic rings. The molecule has 6 heteroatoms. The second-order valence-corrected chi connectivity index (χ2v) is 6.98. The number of amides is 1. The molecular weight excluding hydrogens is 345 g/mol. The van der Waals surface area contributed by atoms with E-state index in [2.05, 4.69) is 10.4 Å². The topological polar surface area (TPSA) is 60.1 Å². The van der Waals surface area contributed by atoms with Crippen LogP contribution >= 0.6 is 0 Å². The van der Waals surface area contributed by atoms with Crippen LogP contribution in [-0.4, -0.2) is 21.7 Å². The summed E-state index contributed by atoms with van der Waals surface area (Å²) in [6, 6.07) is 10.3. The molecule has 140 valence electrons. The number of carbonyl (C=O) groups excluding carboxylic acids is 1. The summed E-state index contributed by atoms with van der Waals surface area (Å²) in [4.78, 5) is 12.8. The summed E-state index contributed by atoms with van der Waals surface area (Å²) in [5, 5.41) is 7.49. The SMILES string of the molecule is CC(CCc1ccco1)NC(=O)c1nn(-c2ccccc2F)c2c1CCC2. The lowest BCUT2D eigenvalue weighted by atomic mass is 10.1. The van der Waals surface area contributed by atoms with Gasteiger partial charge in [-0.05, 0) is 56.9 Å². The number of halogens is 1. The molecule has 1 atom stereocenters. The molecule has 2 aromatic heterocycles. The van der Waals surface area contributed by atoms with Crippen LogP contribution in [0.5, 0.6) is 0 Å². The Hall–Kier alpha value is -2.89. The van der Waals surface area contributed by atoms with E-state index in [9.17, 15) is 9.18 Å². The maximum absolute atomic E-state index is 14.2. The second kappa shape index (κ2) is 7.39. The van der Waals surface area contributed by atoms with Gasteiger partial charge in [-0.2, -0.15) is 5.10 Å². The zero-order chi connectivity index (χ0) is 18.8. The molecule has 3 aromatic rings. The summed E-state index contributed by atoms with van der Waals surface area (Å²) >= 11 is 0. The first-order chi connectivity index (χ1) is 13.1. The monoisotopic (exact) mass is 367 g/mol. The van der Waals surface area contributed by atoms with Crippen LogP contribution in [0.4, 0.5) is 4.39 Å². The second-order valence-electron chi connectivity index (χ2n) is 6.98. The summed E-state index contributed by atoms with van der Waals surface area (Å²) < 4.78 is 21.2. The Morgan fingerprint density at radius 2 is 2.15 bits per heavy atom. The number of hydrogen-bond acceptors (Lipinski definition) is 3. The molecule has 1 aromatic carbocycles. The fourth-order valence-corrected chi connectivity index (χ4v) is 3.62. The van der Waals surface area contributed by atoms with Crippen molar-refractivity contribution in [2.24, 2.45) is 0 Å². The van der Waals surface area contributed by atoms with Gasteiger partial charge in [0.05, 0.1) is 6.26 Å². The van der Waals surface area contributed by atoms with E-state index in [-0.39, 0.29) is 17.8 Å². The van der Waals surface area contributed by atoms with Crippen LogP contribution in [-0.2, 0) is 19.3 Å². The van der Waals surface area contributed by atoms with E-state index in [1.54, 1.807) is 29.1 Å². The van der Waals surface area contributed by atoms with Crippen LogP contribution in [0, 0.1) is 5.82 Å². The van der Waals surface area contributed by atoms with Gasteiger partial charge in [-0.3, -0.25) is 4.79 Å². The molecule has 1 N–H and O–H groups in total. The molecule has 0 bridgehead atoms. The zero-order valence-electron chi connectivity index (χ0n) is 15.2. The number of nitrogens with zero attached hydrogens (tertiary/aromatic N) is 2. The van der Waals surface area contributed by atoms with Crippen LogP contribution in [0.15, 0.2) is 47.1 Å². The number of rotatable bonds is 6. The van der Waals surface area contributed by atoms with Crippen molar-refractivity contribution in [1.82, 2.24) is 15.1 Å². The first-order valence-electron chi connectivity index (χ1n) is 9.32. The van der Waals surface area contributed by atoms with Gasteiger partial charge in [-0.15, -0.1) is 0 Å². The smallest absolute Gasteiger partial charge is 0.272 e. The Kier molecular flexibility index (Phi) is 4.79. The Labute approximate surface area is 157 Å². The average Bonchev–Trinajstić information content (AvgIpc) is 3.38. The summed E-state index contributed by atoms with van der Waals surface area (Å²) in [5.41, 5.74) is 2.68. The van der Waals surface area contributed by atoms with Gasteiger partial charge in [0.25, 0.3) is 5.91 Å². The summed E-state index contributed by atoms with van der Waals surface area (Å²) in [6.07, 6.45) is 5.74. The van der Waals surface area contributed by atoms with Crippen LogP contribution in [0.3, 0.4) is 0 Å². The predicted octanol–water partition coefficient (Wildman–Crippen LogP) is 3.84. The van der Waals surface area contributed by atoms with Crippen molar-refractivity contribution >= 4 is 5.91 Å². The van der Waals surface area contributed by atoms with E-state index in [1.165, 1.54) is 6.07 Å². The van der Waals surface area contributed by atoms with Crippen LogP contribution < -0.4 is 5.32 Å². The van der Waals surface area contributed by atoms with E-state index in [0.717, 1.165) is 49.1 Å². The van der Waals surface area contributed by atoms with Crippen molar-refractivity contribution in [3.8, 4) is 5.69 Å². The van der Waals surface area contributed by atoms with Crippen molar-refractivity contribution in [3.05, 3.63) is 71.2 Å². The molecule has 1 unspecified atom stereocenters. The average molecular weight is 367 g/mol. The maximum Gasteiger partial charge on any atom is 0.272 e. The van der Waals surface area contributed by atoms with E-state index in [4.69, 9.17) is 4.42 Å². The lowest BCUT2D eigenvalue weighted by Crippen LogP contribution is -2.33. The van der Waals surface area contributed by atoms with Crippen molar-refractivity contribution in [3.63, 3.8) is 0 Å². The lowest BCUT2D eigenvalue weighted by Gasteiger charge is -2.12. The molecule has 0 saturated carbocycles. The highest BCUT2D eigenvalue weighted by Gasteiger charge is 2.28. The van der Waals surface area contributed by atoms with Gasteiger partial charge in [0.1, 0.15) is 17.3 Å². The first kappa shape index (κ1) is 17.5. The Morgan fingerprint density at radius 1 is 1.30 bits per heavy atom. The highest BCUT2D eigenvalue weighted by atomic mass is 19.1. The molecule has 5 nitrogen and oxygen atoms in total. The number of furan rings is 1. The molecule has 0 aliphatic heterocycles. The molecule has 1 amide bonds. The Balaban J connectivity index is 1.52. The first-order valence-corrected chi connectivity index (χ1v) is 9.32. The van der Waals surface area contributed by atoms with Crippen molar-refractivity contribution in [2.45, 2.75) is 45.1 Å². The third-order valence-corrected chi connectivity index (χ3v) is 5.01. The molecule has 0 radical (unpaired) electrons. The van der Waals surface area contributed by atoms with Crippen molar-refractivity contribution in [2.75, 3.05) is 0 Å². The van der Waals surface area contributed by atoms with Crippen LogP contribution in [0.2, 0.25) is 0 Å². The van der Waals surface area contributed by atoms with Crippen molar-refractivity contribution in [1.29, 1.82) is 0 Å². The largest absolute Gasteiger partial charge is 0.469 e. The fourth-order valence-electron chi connectivity index (χ4n) is 3.62. The van der Waals surface area contributed by atoms with E-state index in [1.807, 2.05) is 19.1 Å².